The number of hydrogen-bond donors (Lipinski definition) is 3. The number of halogens is 4. The van der Waals surface area contributed by atoms with Gasteiger partial charge in [0.25, 0.3) is 5.56 Å². The van der Waals surface area contributed by atoms with Crippen LogP contribution in [0.5, 0.6) is 0 Å². The highest BCUT2D eigenvalue weighted by molar-refractivity contribution is 6.23. The molecule has 1 aromatic heterocycles. The fraction of sp³-hybridized carbons (Fsp3) is 0.600. The van der Waals surface area contributed by atoms with Crippen LogP contribution < -0.4 is 11.2 Å². The second-order valence-corrected chi connectivity index (χ2v) is 5.15. The number of H-pyrrole nitrogens is 1. The van der Waals surface area contributed by atoms with E-state index in [-0.39, 0.29) is 0 Å². The summed E-state index contributed by atoms with van der Waals surface area (Å²) in [6, 6.07) is 0. The second kappa shape index (κ2) is 5.13. The molecule has 0 aromatic carbocycles. The zero-order chi connectivity index (χ0) is 16.0. The van der Waals surface area contributed by atoms with E-state index in [0.29, 0.717) is 10.8 Å². The minimum atomic E-state index is -4.96. The lowest BCUT2D eigenvalue weighted by atomic mass is 10.2. The molecule has 7 nitrogen and oxygen atoms in total. The Bertz CT molecular complexity index is 653. The highest BCUT2D eigenvalue weighted by Crippen LogP contribution is 2.39. The third-order valence-corrected chi connectivity index (χ3v) is 3.42. The van der Waals surface area contributed by atoms with E-state index in [0.717, 1.165) is 0 Å². The number of rotatable bonds is 2. The summed E-state index contributed by atoms with van der Waals surface area (Å²) in [7, 11) is 0. The van der Waals surface area contributed by atoms with Crippen LogP contribution in [-0.2, 0) is 10.9 Å². The first-order valence-electron chi connectivity index (χ1n) is 5.66. The van der Waals surface area contributed by atoms with Crippen molar-refractivity contribution in [3.8, 4) is 0 Å². The van der Waals surface area contributed by atoms with Crippen LogP contribution in [0, 0.1) is 0 Å². The van der Waals surface area contributed by atoms with E-state index < -0.39 is 53.4 Å². The molecular weight excluding hydrogens is 321 g/mol. The molecule has 1 fully saturated rings. The van der Waals surface area contributed by atoms with Gasteiger partial charge in [-0.1, -0.05) is 11.6 Å². The van der Waals surface area contributed by atoms with Gasteiger partial charge < -0.3 is 14.9 Å². The van der Waals surface area contributed by atoms with Gasteiger partial charge in [0.15, 0.2) is 5.06 Å². The number of aliphatic hydroxyl groups is 2. The largest absolute Gasteiger partial charge is 0.423 e. The summed E-state index contributed by atoms with van der Waals surface area (Å²) in [5.41, 5.74) is -4.32. The molecule has 118 valence electrons. The van der Waals surface area contributed by atoms with Crippen molar-refractivity contribution in [3.05, 3.63) is 32.6 Å². The molecule has 11 heteroatoms. The first-order chi connectivity index (χ1) is 9.56. The highest BCUT2D eigenvalue weighted by Gasteiger charge is 2.47. The molecule has 2 heterocycles. The van der Waals surface area contributed by atoms with Crippen molar-refractivity contribution >= 4 is 11.6 Å². The molecule has 1 aliphatic heterocycles. The van der Waals surface area contributed by atoms with Crippen LogP contribution in [0.2, 0.25) is 0 Å². The van der Waals surface area contributed by atoms with Crippen molar-refractivity contribution in [2.24, 2.45) is 0 Å². The summed E-state index contributed by atoms with van der Waals surface area (Å²) in [6.45, 7) is -0.694. The lowest BCUT2D eigenvalue weighted by Crippen LogP contribution is -2.36. The Kier molecular flexibility index (Phi) is 3.91. The molecular formula is C10H10ClF3N2O5. The Labute approximate surface area is 119 Å². The fourth-order valence-electron chi connectivity index (χ4n) is 1.97. The zero-order valence-electron chi connectivity index (χ0n) is 10.2. The molecule has 1 aliphatic rings. The van der Waals surface area contributed by atoms with E-state index in [9.17, 15) is 27.9 Å². The van der Waals surface area contributed by atoms with Gasteiger partial charge in [0.05, 0.1) is 6.61 Å². The van der Waals surface area contributed by atoms with Crippen LogP contribution in [0.25, 0.3) is 0 Å². The lowest BCUT2D eigenvalue weighted by molar-refractivity contribution is -0.139. The quantitative estimate of drug-likeness (QED) is 0.649. The number of ether oxygens (including phenoxy) is 1. The van der Waals surface area contributed by atoms with Crippen LogP contribution in [0.1, 0.15) is 18.2 Å². The first-order valence-corrected chi connectivity index (χ1v) is 6.04. The van der Waals surface area contributed by atoms with Gasteiger partial charge in [-0.2, -0.15) is 13.2 Å². The predicted octanol–water partition coefficient (Wildman–Crippen LogP) is -0.237. The van der Waals surface area contributed by atoms with E-state index in [4.69, 9.17) is 21.4 Å². The van der Waals surface area contributed by atoms with Gasteiger partial charge in [-0.05, 0) is 0 Å². The van der Waals surface area contributed by atoms with E-state index in [1.807, 2.05) is 0 Å². The second-order valence-electron chi connectivity index (χ2n) is 4.49. The van der Waals surface area contributed by atoms with Gasteiger partial charge in [0.2, 0.25) is 0 Å². The minimum absolute atomic E-state index is 0.290. The molecule has 0 bridgehead atoms. The Morgan fingerprint density at radius 1 is 1.52 bits per heavy atom. The standard InChI is InChI=1S/C10H10ClF3N2O5/c11-9(20)1-6(21-5(9)3-17)16-2-4(10(12,13)14)7(18)15-8(16)19/h2,5-6,17,20H,1,3H2,(H,15,18,19)/t5-,6-,9+/m1/s1. The molecule has 1 saturated heterocycles. The maximum Gasteiger partial charge on any atom is 0.423 e. The average Bonchev–Trinajstić information content (AvgIpc) is 2.62. The van der Waals surface area contributed by atoms with Crippen molar-refractivity contribution in [1.29, 1.82) is 0 Å². The van der Waals surface area contributed by atoms with Crippen LogP contribution in [0.4, 0.5) is 13.2 Å². The molecule has 21 heavy (non-hydrogen) atoms. The van der Waals surface area contributed by atoms with Crippen LogP contribution in [0.15, 0.2) is 15.8 Å². The third kappa shape index (κ3) is 2.98. The molecule has 0 aliphatic carbocycles. The molecule has 3 N–H and O–H groups in total. The van der Waals surface area contributed by atoms with Crippen molar-refractivity contribution in [3.63, 3.8) is 0 Å². The van der Waals surface area contributed by atoms with Crippen molar-refractivity contribution in [2.75, 3.05) is 6.61 Å². The van der Waals surface area contributed by atoms with Gasteiger partial charge in [0, 0.05) is 12.6 Å². The smallest absolute Gasteiger partial charge is 0.394 e. The molecule has 2 rings (SSSR count). The normalized spacial score (nSPS) is 29.8. The van der Waals surface area contributed by atoms with Gasteiger partial charge in [-0.3, -0.25) is 14.3 Å². The lowest BCUT2D eigenvalue weighted by Gasteiger charge is -2.17. The monoisotopic (exact) mass is 330 g/mol. The van der Waals surface area contributed by atoms with Crippen molar-refractivity contribution < 1.29 is 28.1 Å². The number of aliphatic hydroxyl groups excluding tert-OH is 1. The number of nitrogens with zero attached hydrogens (tertiary/aromatic N) is 1. The summed E-state index contributed by atoms with van der Waals surface area (Å²) in [5.74, 6) is 0. The SMILES string of the molecule is O=c1[nH]c(=O)n([C@H]2C[C@@](O)(Cl)[C@@H](CO)O2)cc1C(F)(F)F. The Morgan fingerprint density at radius 3 is 2.62 bits per heavy atom. The Morgan fingerprint density at radius 2 is 2.14 bits per heavy atom. The Hall–Kier alpha value is -1.36. The molecule has 0 spiro atoms. The number of aromatic amines is 1. The molecule has 0 radical (unpaired) electrons. The van der Waals surface area contributed by atoms with Gasteiger partial charge in [-0.15, -0.1) is 0 Å². The predicted molar refractivity (Wildman–Crippen MR) is 62.7 cm³/mol. The fourth-order valence-corrected chi connectivity index (χ4v) is 2.22. The van der Waals surface area contributed by atoms with E-state index in [1.54, 1.807) is 0 Å². The molecule has 0 unspecified atom stereocenters. The van der Waals surface area contributed by atoms with Gasteiger partial charge >= 0.3 is 11.9 Å². The van der Waals surface area contributed by atoms with E-state index in [1.165, 1.54) is 4.98 Å². The molecule has 0 amide bonds. The zero-order valence-corrected chi connectivity index (χ0v) is 11.0. The van der Waals surface area contributed by atoms with Crippen molar-refractivity contribution in [1.82, 2.24) is 9.55 Å². The van der Waals surface area contributed by atoms with Gasteiger partial charge in [0.1, 0.15) is 17.9 Å². The first kappa shape index (κ1) is 16.0. The summed E-state index contributed by atoms with van der Waals surface area (Å²) >= 11 is 5.65. The summed E-state index contributed by atoms with van der Waals surface area (Å²) in [6.07, 6.45) is -7.75. The van der Waals surface area contributed by atoms with E-state index >= 15 is 0 Å². The van der Waals surface area contributed by atoms with Crippen LogP contribution >= 0.6 is 11.6 Å². The summed E-state index contributed by atoms with van der Waals surface area (Å²) in [4.78, 5) is 24.3. The van der Waals surface area contributed by atoms with E-state index in [2.05, 4.69) is 0 Å². The minimum Gasteiger partial charge on any atom is -0.394 e. The summed E-state index contributed by atoms with van der Waals surface area (Å²) in [5, 5.41) is 16.7. The number of alkyl halides is 4. The molecule has 0 saturated carbocycles. The highest BCUT2D eigenvalue weighted by atomic mass is 35.5. The molecule has 3 atom stereocenters. The number of hydrogen-bond acceptors (Lipinski definition) is 5. The molecule has 1 aromatic rings. The summed E-state index contributed by atoms with van der Waals surface area (Å²) < 4.78 is 43.5. The third-order valence-electron chi connectivity index (χ3n) is 3.02. The average molecular weight is 331 g/mol. The maximum absolute atomic E-state index is 12.7. The van der Waals surface area contributed by atoms with Crippen LogP contribution in [-0.4, -0.2) is 37.5 Å². The number of aromatic nitrogens is 2. The topological polar surface area (TPSA) is 105 Å². The van der Waals surface area contributed by atoms with Crippen LogP contribution in [0.3, 0.4) is 0 Å². The maximum atomic E-state index is 12.7. The Balaban J connectivity index is 2.47. The van der Waals surface area contributed by atoms with Gasteiger partial charge in [-0.25, -0.2) is 4.79 Å². The van der Waals surface area contributed by atoms with Crippen molar-refractivity contribution in [2.45, 2.75) is 30.0 Å². The number of nitrogens with one attached hydrogen (secondary N) is 1.